The molecule has 0 fully saturated rings. The van der Waals surface area contributed by atoms with Gasteiger partial charge in [0.1, 0.15) is 4.90 Å². The third-order valence-corrected chi connectivity index (χ3v) is 4.89. The van der Waals surface area contributed by atoms with Crippen molar-refractivity contribution in [3.8, 4) is 0 Å². The van der Waals surface area contributed by atoms with E-state index in [0.29, 0.717) is 17.3 Å². The molecule has 0 saturated carbocycles. The Morgan fingerprint density at radius 2 is 1.83 bits per heavy atom. The first-order valence-electron chi connectivity index (χ1n) is 7.36. The lowest BCUT2D eigenvalue weighted by molar-refractivity contribution is 0.321. The van der Waals surface area contributed by atoms with Gasteiger partial charge in [0.15, 0.2) is 0 Å². The van der Waals surface area contributed by atoms with Crippen LogP contribution in [0.25, 0.3) is 0 Å². The summed E-state index contributed by atoms with van der Waals surface area (Å²) in [6.07, 6.45) is 0. The lowest BCUT2D eigenvalue weighted by atomic mass is 9.97. The number of rotatable bonds is 4. The molecule has 0 amide bonds. The average molecular weight is 341 g/mol. The molecule has 0 unspecified atom stereocenters. The van der Waals surface area contributed by atoms with E-state index in [1.807, 2.05) is 34.6 Å². The van der Waals surface area contributed by atoms with Gasteiger partial charge < -0.3 is 4.52 Å². The third-order valence-electron chi connectivity index (χ3n) is 3.31. The van der Waals surface area contributed by atoms with E-state index in [-0.39, 0.29) is 22.3 Å². The Hall–Kier alpha value is -1.90. The van der Waals surface area contributed by atoms with E-state index in [2.05, 4.69) is 20.0 Å². The molecule has 0 radical (unpaired) electrons. The first-order chi connectivity index (χ1) is 10.4. The molecule has 0 aliphatic carbocycles. The van der Waals surface area contributed by atoms with Crippen molar-refractivity contribution in [3.05, 3.63) is 17.3 Å². The van der Waals surface area contributed by atoms with Crippen molar-refractivity contribution in [2.24, 2.45) is 0 Å². The van der Waals surface area contributed by atoms with Crippen molar-refractivity contribution in [2.45, 2.75) is 64.8 Å². The van der Waals surface area contributed by atoms with Gasteiger partial charge in [-0.2, -0.15) is 10.1 Å². The molecule has 0 aliphatic heterocycles. The zero-order valence-electron chi connectivity index (χ0n) is 14.5. The molecule has 0 bridgehead atoms. The second-order valence-electron chi connectivity index (χ2n) is 6.82. The number of hydrogen-bond acceptors (Lipinski definition) is 6. The summed E-state index contributed by atoms with van der Waals surface area (Å²) in [4.78, 5) is 4.24. The van der Waals surface area contributed by atoms with Crippen molar-refractivity contribution in [2.75, 3.05) is 4.72 Å². The maximum Gasteiger partial charge on any atom is 0.277 e. The summed E-state index contributed by atoms with van der Waals surface area (Å²) < 4.78 is 34.5. The van der Waals surface area contributed by atoms with Crippen molar-refractivity contribution in [1.29, 1.82) is 0 Å². The Balaban J connectivity index is 2.39. The highest BCUT2D eigenvalue weighted by Gasteiger charge is 2.28. The number of sulfonamides is 1. The molecule has 8 nitrogen and oxygen atoms in total. The lowest BCUT2D eigenvalue weighted by Crippen LogP contribution is -2.17. The highest BCUT2D eigenvalue weighted by atomic mass is 32.2. The number of aryl methyl sites for hydroxylation is 1. The molecular formula is C14H23N5O3S. The summed E-state index contributed by atoms with van der Waals surface area (Å²) in [5.74, 6) is 0.285. The predicted octanol–water partition coefficient (Wildman–Crippen LogP) is 2.56. The summed E-state index contributed by atoms with van der Waals surface area (Å²) >= 11 is 0. The van der Waals surface area contributed by atoms with Crippen molar-refractivity contribution >= 4 is 16.0 Å². The minimum atomic E-state index is -3.84. The van der Waals surface area contributed by atoms with Crippen LogP contribution in [0.2, 0.25) is 0 Å². The standard InChI is InChI=1S/C14H23N5O3S/c1-8(2)19-10(4)11(9(3)16-19)23(20,21)18-13-15-12(22-17-13)14(5,6)7/h8H,1-7H3,(H,17,18). The van der Waals surface area contributed by atoms with Crippen LogP contribution in [0.15, 0.2) is 9.42 Å². The van der Waals surface area contributed by atoms with Crippen LogP contribution in [0.5, 0.6) is 0 Å². The predicted molar refractivity (Wildman–Crippen MR) is 85.9 cm³/mol. The molecule has 2 aromatic rings. The van der Waals surface area contributed by atoms with Crippen LogP contribution >= 0.6 is 0 Å². The SMILES string of the molecule is Cc1nn(C(C)C)c(C)c1S(=O)(=O)Nc1noc(C(C)(C)C)n1. The van der Waals surface area contributed by atoms with Crippen LogP contribution in [-0.4, -0.2) is 28.3 Å². The quantitative estimate of drug-likeness (QED) is 0.916. The summed E-state index contributed by atoms with van der Waals surface area (Å²) in [5, 5.41) is 7.99. The smallest absolute Gasteiger partial charge is 0.277 e. The Kier molecular flexibility index (Phi) is 4.27. The number of aromatic nitrogens is 4. The van der Waals surface area contributed by atoms with Crippen LogP contribution in [0.3, 0.4) is 0 Å². The molecule has 0 aliphatic rings. The van der Waals surface area contributed by atoms with E-state index in [4.69, 9.17) is 4.52 Å². The zero-order valence-corrected chi connectivity index (χ0v) is 15.3. The number of nitrogens with one attached hydrogen (secondary N) is 1. The van der Waals surface area contributed by atoms with Gasteiger partial charge in [0, 0.05) is 11.5 Å². The number of anilines is 1. The Labute approximate surface area is 136 Å². The third kappa shape index (κ3) is 3.39. The van der Waals surface area contributed by atoms with Gasteiger partial charge in [-0.3, -0.25) is 4.68 Å². The lowest BCUT2D eigenvalue weighted by Gasteiger charge is -2.10. The molecule has 2 rings (SSSR count). The fraction of sp³-hybridized carbons (Fsp3) is 0.643. The molecule has 0 atom stereocenters. The molecule has 1 N–H and O–H groups in total. The largest absolute Gasteiger partial charge is 0.337 e. The monoisotopic (exact) mass is 341 g/mol. The molecule has 23 heavy (non-hydrogen) atoms. The fourth-order valence-electron chi connectivity index (χ4n) is 2.28. The van der Waals surface area contributed by atoms with Gasteiger partial charge in [-0.25, -0.2) is 13.1 Å². The van der Waals surface area contributed by atoms with Crippen LogP contribution in [-0.2, 0) is 15.4 Å². The highest BCUT2D eigenvalue weighted by Crippen LogP contribution is 2.25. The molecule has 9 heteroatoms. The topological polar surface area (TPSA) is 103 Å². The Morgan fingerprint density at radius 1 is 1.22 bits per heavy atom. The van der Waals surface area contributed by atoms with Gasteiger partial charge >= 0.3 is 0 Å². The first kappa shape index (κ1) is 17.5. The van der Waals surface area contributed by atoms with Gasteiger partial charge in [0.25, 0.3) is 16.0 Å². The van der Waals surface area contributed by atoms with E-state index < -0.39 is 10.0 Å². The Morgan fingerprint density at radius 3 is 2.26 bits per heavy atom. The van der Waals surface area contributed by atoms with Crippen LogP contribution in [0.1, 0.15) is 57.9 Å². The minimum absolute atomic E-state index is 0.0651. The van der Waals surface area contributed by atoms with Crippen LogP contribution < -0.4 is 4.72 Å². The molecule has 0 saturated heterocycles. The fourth-order valence-corrected chi connectivity index (χ4v) is 3.62. The Bertz CT molecular complexity index is 812. The molecule has 0 spiro atoms. The zero-order chi connectivity index (χ0) is 17.6. The first-order valence-corrected chi connectivity index (χ1v) is 8.84. The average Bonchev–Trinajstić information content (AvgIpc) is 2.93. The van der Waals surface area contributed by atoms with Crippen LogP contribution in [0.4, 0.5) is 5.95 Å². The summed E-state index contributed by atoms with van der Waals surface area (Å²) in [5.41, 5.74) is 0.651. The molecule has 2 heterocycles. The minimum Gasteiger partial charge on any atom is -0.337 e. The highest BCUT2D eigenvalue weighted by molar-refractivity contribution is 7.92. The van der Waals surface area contributed by atoms with E-state index in [1.165, 1.54) is 0 Å². The second kappa shape index (κ2) is 5.63. The normalized spacial score (nSPS) is 12.9. The van der Waals surface area contributed by atoms with Crippen molar-refractivity contribution in [1.82, 2.24) is 19.9 Å². The van der Waals surface area contributed by atoms with Crippen molar-refractivity contribution < 1.29 is 12.9 Å². The number of nitrogens with zero attached hydrogens (tertiary/aromatic N) is 4. The van der Waals surface area contributed by atoms with Gasteiger partial charge in [-0.15, -0.1) is 0 Å². The van der Waals surface area contributed by atoms with Gasteiger partial charge in [-0.1, -0.05) is 20.8 Å². The molecule has 2 aromatic heterocycles. The van der Waals surface area contributed by atoms with E-state index in [1.54, 1.807) is 18.5 Å². The summed E-state index contributed by atoms with van der Waals surface area (Å²) in [7, 11) is -3.84. The van der Waals surface area contributed by atoms with Gasteiger partial charge in [0.05, 0.1) is 11.4 Å². The van der Waals surface area contributed by atoms with Gasteiger partial charge in [-0.05, 0) is 32.9 Å². The molecule has 128 valence electrons. The van der Waals surface area contributed by atoms with E-state index in [9.17, 15) is 8.42 Å². The second-order valence-corrected chi connectivity index (χ2v) is 8.44. The molecular weight excluding hydrogens is 318 g/mol. The van der Waals surface area contributed by atoms with E-state index in [0.717, 1.165) is 0 Å². The maximum atomic E-state index is 12.7. The summed E-state index contributed by atoms with van der Waals surface area (Å²) in [6.45, 7) is 13.0. The van der Waals surface area contributed by atoms with Crippen molar-refractivity contribution in [3.63, 3.8) is 0 Å². The summed E-state index contributed by atoms with van der Waals surface area (Å²) in [6, 6.07) is 0.0651. The van der Waals surface area contributed by atoms with Crippen LogP contribution in [0, 0.1) is 13.8 Å². The molecule has 0 aromatic carbocycles. The number of hydrogen-bond donors (Lipinski definition) is 1. The maximum absolute atomic E-state index is 12.7. The van der Waals surface area contributed by atoms with E-state index >= 15 is 0 Å². The van der Waals surface area contributed by atoms with Gasteiger partial charge in [0.2, 0.25) is 5.89 Å².